The van der Waals surface area contributed by atoms with Crippen molar-refractivity contribution in [1.29, 1.82) is 0 Å². The molecule has 7 heteroatoms. The average Bonchev–Trinajstić information content (AvgIpc) is 3.47. The lowest BCUT2D eigenvalue weighted by atomic mass is 10.0. The second-order valence-corrected chi connectivity index (χ2v) is 9.10. The largest absolute Gasteiger partial charge is 0.332 e. The van der Waals surface area contributed by atoms with Crippen molar-refractivity contribution in [2.75, 3.05) is 13.1 Å². The Bertz CT molecular complexity index is 1030. The molecule has 0 bridgehead atoms. The monoisotopic (exact) mass is 424 g/mol. The Hall–Kier alpha value is -2.54. The highest BCUT2D eigenvalue weighted by molar-refractivity contribution is 5.79. The molecule has 2 aromatic rings. The van der Waals surface area contributed by atoms with Gasteiger partial charge in [0.2, 0.25) is 5.91 Å². The van der Waals surface area contributed by atoms with Gasteiger partial charge >= 0.3 is 0 Å². The van der Waals surface area contributed by atoms with Crippen molar-refractivity contribution in [1.82, 2.24) is 19.8 Å². The van der Waals surface area contributed by atoms with Gasteiger partial charge in [0.05, 0.1) is 11.7 Å². The smallest absolute Gasteiger partial charge is 0.254 e. The lowest BCUT2D eigenvalue weighted by molar-refractivity contribution is -0.136. The number of rotatable bonds is 4. The summed E-state index contributed by atoms with van der Waals surface area (Å²) in [5.41, 5.74) is 2.05. The maximum Gasteiger partial charge on any atom is 0.254 e. The lowest BCUT2D eigenvalue weighted by Crippen LogP contribution is -2.38. The van der Waals surface area contributed by atoms with E-state index < -0.39 is 0 Å². The van der Waals surface area contributed by atoms with Gasteiger partial charge in [0.25, 0.3) is 5.56 Å². The molecule has 1 saturated heterocycles. The number of H-pyrrole nitrogens is 1. The van der Waals surface area contributed by atoms with E-state index >= 15 is 0 Å². The third-order valence-corrected chi connectivity index (χ3v) is 7.08. The minimum atomic E-state index is -0.208. The van der Waals surface area contributed by atoms with Gasteiger partial charge in [-0.15, -0.1) is 0 Å². The van der Waals surface area contributed by atoms with Gasteiger partial charge in [-0.2, -0.15) is 0 Å². The predicted octanol–water partition coefficient (Wildman–Crippen LogP) is 3.32. The first kappa shape index (κ1) is 20.4. The minimum absolute atomic E-state index is 0.0919. The van der Waals surface area contributed by atoms with Crippen molar-refractivity contribution < 1.29 is 9.18 Å². The Kier molecular flexibility index (Phi) is 5.61. The van der Waals surface area contributed by atoms with E-state index in [1.165, 1.54) is 6.07 Å². The molecule has 6 nitrogen and oxygen atoms in total. The van der Waals surface area contributed by atoms with Crippen LogP contribution in [0, 0.1) is 11.7 Å². The molecule has 5 rings (SSSR count). The van der Waals surface area contributed by atoms with Crippen molar-refractivity contribution in [3.8, 4) is 0 Å². The number of likely N-dealkylation sites (tertiary alicyclic amines) is 1. The van der Waals surface area contributed by atoms with E-state index in [2.05, 4.69) is 9.88 Å². The molecular formula is C24H29FN4O2. The highest BCUT2D eigenvalue weighted by Gasteiger charge is 2.37. The predicted molar refractivity (Wildman–Crippen MR) is 115 cm³/mol. The van der Waals surface area contributed by atoms with E-state index in [4.69, 9.17) is 4.98 Å². The summed E-state index contributed by atoms with van der Waals surface area (Å²) in [7, 11) is 0. The number of halogens is 1. The highest BCUT2D eigenvalue weighted by Crippen LogP contribution is 2.35. The average molecular weight is 425 g/mol. The molecular weight excluding hydrogens is 395 g/mol. The molecule has 1 atom stereocenters. The molecule has 1 aliphatic carbocycles. The topological polar surface area (TPSA) is 69.3 Å². The zero-order valence-electron chi connectivity index (χ0n) is 17.8. The minimum Gasteiger partial charge on any atom is -0.332 e. The Morgan fingerprint density at radius 1 is 1.13 bits per heavy atom. The standard InChI is InChI=1S/C24H29FN4O2/c25-19-9-4-3-8-17(19)14-28-13-11-18-20(15-28)26-22(27-23(18)30)21-10-5-12-29(21)24(31)16-6-1-2-7-16/h3-4,8-9,16,21H,1-2,5-7,10-15H2,(H,26,27,30). The van der Waals surface area contributed by atoms with Crippen LogP contribution in [0.15, 0.2) is 29.1 Å². The fourth-order valence-electron chi connectivity index (χ4n) is 5.40. The van der Waals surface area contributed by atoms with E-state index in [9.17, 15) is 14.0 Å². The second kappa shape index (κ2) is 8.54. The van der Waals surface area contributed by atoms with E-state index in [1.54, 1.807) is 12.1 Å². The maximum absolute atomic E-state index is 14.1. The fraction of sp³-hybridized carbons (Fsp3) is 0.542. The van der Waals surface area contributed by atoms with Crippen LogP contribution in [0.4, 0.5) is 4.39 Å². The van der Waals surface area contributed by atoms with Crippen LogP contribution in [0.5, 0.6) is 0 Å². The summed E-state index contributed by atoms with van der Waals surface area (Å²) < 4.78 is 14.1. The summed E-state index contributed by atoms with van der Waals surface area (Å²) in [6, 6.07) is 6.66. The number of benzene rings is 1. The van der Waals surface area contributed by atoms with Crippen molar-refractivity contribution in [2.24, 2.45) is 5.92 Å². The molecule has 1 amide bonds. The molecule has 2 aliphatic heterocycles. The molecule has 3 heterocycles. The highest BCUT2D eigenvalue weighted by atomic mass is 19.1. The van der Waals surface area contributed by atoms with Gasteiger partial charge in [-0.25, -0.2) is 9.37 Å². The summed E-state index contributed by atoms with van der Waals surface area (Å²) in [5, 5.41) is 0. The van der Waals surface area contributed by atoms with Crippen LogP contribution in [-0.4, -0.2) is 38.8 Å². The molecule has 164 valence electrons. The van der Waals surface area contributed by atoms with Gasteiger partial charge < -0.3 is 9.88 Å². The Morgan fingerprint density at radius 2 is 1.94 bits per heavy atom. The number of hydrogen-bond acceptors (Lipinski definition) is 4. The molecule has 0 spiro atoms. The second-order valence-electron chi connectivity index (χ2n) is 9.10. The first-order valence-electron chi connectivity index (χ1n) is 11.5. The molecule has 31 heavy (non-hydrogen) atoms. The third-order valence-electron chi connectivity index (χ3n) is 7.08. The first-order chi connectivity index (χ1) is 15.1. The van der Waals surface area contributed by atoms with E-state index in [0.717, 1.165) is 56.3 Å². The number of hydrogen-bond donors (Lipinski definition) is 1. The first-order valence-corrected chi connectivity index (χ1v) is 11.5. The van der Waals surface area contributed by atoms with Crippen LogP contribution in [0.25, 0.3) is 0 Å². The van der Waals surface area contributed by atoms with E-state index in [0.29, 0.717) is 37.4 Å². The number of nitrogens with zero attached hydrogens (tertiary/aromatic N) is 3. The zero-order valence-corrected chi connectivity index (χ0v) is 17.8. The SMILES string of the molecule is O=C(C1CCCC1)N1CCCC1c1nc2c(c(=O)[nH]1)CCN(Cc1ccccc1F)C2. The van der Waals surface area contributed by atoms with Crippen LogP contribution in [-0.2, 0) is 24.3 Å². The number of fused-ring (bicyclic) bond motifs is 1. The van der Waals surface area contributed by atoms with Crippen LogP contribution >= 0.6 is 0 Å². The fourth-order valence-corrected chi connectivity index (χ4v) is 5.40. The van der Waals surface area contributed by atoms with Gasteiger partial charge in [-0.05, 0) is 38.2 Å². The number of aromatic amines is 1. The summed E-state index contributed by atoms with van der Waals surface area (Å²) in [6.45, 7) is 2.44. The normalized spacial score (nSPS) is 22.1. The molecule has 0 radical (unpaired) electrons. The quantitative estimate of drug-likeness (QED) is 0.818. The summed E-state index contributed by atoms with van der Waals surface area (Å²) in [6.07, 6.45) is 6.56. The number of amides is 1. The van der Waals surface area contributed by atoms with Crippen molar-refractivity contribution >= 4 is 5.91 Å². The van der Waals surface area contributed by atoms with Gasteiger partial charge in [-0.1, -0.05) is 31.0 Å². The summed E-state index contributed by atoms with van der Waals surface area (Å²) >= 11 is 0. The zero-order chi connectivity index (χ0) is 21.4. The number of aromatic nitrogens is 2. The third kappa shape index (κ3) is 4.03. The van der Waals surface area contributed by atoms with Crippen molar-refractivity contribution in [3.63, 3.8) is 0 Å². The molecule has 1 N–H and O–H groups in total. The number of carbonyl (C=O) groups excluding carboxylic acids is 1. The van der Waals surface area contributed by atoms with E-state index in [1.807, 2.05) is 11.0 Å². The van der Waals surface area contributed by atoms with Gasteiger partial charge in [0.1, 0.15) is 11.6 Å². The molecule has 3 aliphatic rings. The number of nitrogens with one attached hydrogen (secondary N) is 1. The van der Waals surface area contributed by atoms with E-state index in [-0.39, 0.29) is 29.2 Å². The van der Waals surface area contributed by atoms with Crippen molar-refractivity contribution in [2.45, 2.75) is 64.1 Å². The molecule has 1 unspecified atom stereocenters. The molecule has 2 fully saturated rings. The van der Waals surface area contributed by atoms with Crippen LogP contribution in [0.1, 0.15) is 67.2 Å². The lowest BCUT2D eigenvalue weighted by Gasteiger charge is -2.30. The van der Waals surface area contributed by atoms with Crippen LogP contribution in [0.3, 0.4) is 0 Å². The molecule has 1 saturated carbocycles. The maximum atomic E-state index is 14.1. The van der Waals surface area contributed by atoms with Crippen LogP contribution < -0.4 is 5.56 Å². The van der Waals surface area contributed by atoms with Gasteiger partial charge in [0, 0.05) is 43.2 Å². The summed E-state index contributed by atoms with van der Waals surface area (Å²) in [5.74, 6) is 0.753. The summed E-state index contributed by atoms with van der Waals surface area (Å²) in [4.78, 5) is 37.8. The van der Waals surface area contributed by atoms with Crippen molar-refractivity contribution in [3.05, 3.63) is 63.1 Å². The molecule has 1 aromatic carbocycles. The number of carbonyl (C=O) groups is 1. The Labute approximate surface area is 181 Å². The Morgan fingerprint density at radius 3 is 2.74 bits per heavy atom. The van der Waals surface area contributed by atoms with Crippen LogP contribution in [0.2, 0.25) is 0 Å². The Balaban J connectivity index is 1.37. The van der Waals surface area contributed by atoms with Gasteiger partial charge in [-0.3, -0.25) is 14.5 Å². The van der Waals surface area contributed by atoms with Gasteiger partial charge in [0.15, 0.2) is 0 Å². The molecule has 1 aromatic heterocycles.